The highest BCUT2D eigenvalue weighted by Gasteiger charge is 2.32. The van der Waals surface area contributed by atoms with E-state index in [2.05, 4.69) is 5.32 Å². The second-order valence-electron chi connectivity index (χ2n) is 9.50. The van der Waals surface area contributed by atoms with Crippen LogP contribution in [0.2, 0.25) is 10.0 Å². The Labute approximate surface area is 220 Å². The molecule has 0 bridgehead atoms. The first-order chi connectivity index (χ1) is 17.3. The molecule has 2 atom stereocenters. The van der Waals surface area contributed by atoms with Crippen LogP contribution in [-0.4, -0.2) is 53.2 Å². The Morgan fingerprint density at radius 2 is 1.75 bits per heavy atom. The van der Waals surface area contributed by atoms with Gasteiger partial charge < -0.3 is 20.1 Å². The van der Waals surface area contributed by atoms with E-state index in [0.717, 1.165) is 42.4 Å². The van der Waals surface area contributed by atoms with Gasteiger partial charge in [-0.15, -0.1) is 0 Å². The van der Waals surface area contributed by atoms with Crippen LogP contribution < -0.4 is 5.32 Å². The smallest absolute Gasteiger partial charge is 0.410 e. The van der Waals surface area contributed by atoms with E-state index in [9.17, 15) is 19.5 Å². The molecule has 1 saturated heterocycles. The van der Waals surface area contributed by atoms with E-state index in [1.807, 2.05) is 30.3 Å². The monoisotopic (exact) mass is 532 g/mol. The minimum atomic E-state index is -1.11. The maximum absolute atomic E-state index is 12.9. The second kappa shape index (κ2) is 12.0. The Morgan fingerprint density at radius 1 is 1.03 bits per heavy atom. The van der Waals surface area contributed by atoms with Gasteiger partial charge in [0, 0.05) is 35.1 Å². The Balaban J connectivity index is 1.35. The predicted octanol–water partition coefficient (Wildman–Crippen LogP) is 5.56. The summed E-state index contributed by atoms with van der Waals surface area (Å²) in [4.78, 5) is 39.0. The van der Waals surface area contributed by atoms with Gasteiger partial charge in [-0.25, -0.2) is 9.59 Å². The van der Waals surface area contributed by atoms with Crippen LogP contribution in [-0.2, 0) is 20.7 Å². The topological polar surface area (TPSA) is 95.9 Å². The van der Waals surface area contributed by atoms with Gasteiger partial charge in [0.1, 0.15) is 12.1 Å². The van der Waals surface area contributed by atoms with Gasteiger partial charge in [0.15, 0.2) is 0 Å². The van der Waals surface area contributed by atoms with Crippen molar-refractivity contribution in [2.24, 2.45) is 5.92 Å². The summed E-state index contributed by atoms with van der Waals surface area (Å²) in [5, 5.41) is 13.5. The van der Waals surface area contributed by atoms with Gasteiger partial charge in [-0.2, -0.15) is 0 Å². The zero-order valence-electron chi connectivity index (χ0n) is 19.9. The predicted molar refractivity (Wildman–Crippen MR) is 138 cm³/mol. The Hall–Kier alpha value is -2.77. The summed E-state index contributed by atoms with van der Waals surface area (Å²) in [6.07, 6.45) is 4.89. The zero-order chi connectivity index (χ0) is 25.7. The normalized spacial score (nSPS) is 19.1. The lowest BCUT2D eigenvalue weighted by Crippen LogP contribution is -2.50. The molecule has 1 saturated carbocycles. The summed E-state index contributed by atoms with van der Waals surface area (Å²) in [5.41, 5.74) is 2.47. The van der Waals surface area contributed by atoms with Crippen molar-refractivity contribution in [3.63, 3.8) is 0 Å². The summed E-state index contributed by atoms with van der Waals surface area (Å²) in [5.74, 6) is -1.93. The van der Waals surface area contributed by atoms with Crippen LogP contribution in [0.1, 0.15) is 44.1 Å². The van der Waals surface area contributed by atoms with E-state index in [-0.39, 0.29) is 31.1 Å². The summed E-state index contributed by atoms with van der Waals surface area (Å²) in [7, 11) is 0. The number of carboxylic acid groups (broad SMARTS) is 1. The number of amides is 2. The van der Waals surface area contributed by atoms with Gasteiger partial charge >= 0.3 is 12.1 Å². The molecule has 192 valence electrons. The molecule has 2 aromatic carbocycles. The van der Waals surface area contributed by atoms with Crippen LogP contribution in [0.3, 0.4) is 0 Å². The van der Waals surface area contributed by atoms with Crippen molar-refractivity contribution in [3.05, 3.63) is 58.1 Å². The molecule has 1 aliphatic heterocycles. The Kier molecular flexibility index (Phi) is 8.75. The minimum Gasteiger partial charge on any atom is -0.480 e. The van der Waals surface area contributed by atoms with E-state index < -0.39 is 17.9 Å². The molecule has 2 amide bonds. The molecule has 1 aliphatic carbocycles. The number of ether oxygens (including phenoxy) is 1. The SMILES string of the molecule is O=C(N[C@@H](Cc1ccc(-c2ccc(Cl)cc2Cl)cc1)C(=O)O)C1CCCN(C(=O)OC2CCCC2)C1. The third kappa shape index (κ3) is 6.71. The number of piperidine rings is 1. The van der Waals surface area contributed by atoms with E-state index in [1.165, 1.54) is 0 Å². The average Bonchev–Trinajstić information content (AvgIpc) is 3.37. The number of likely N-dealkylation sites (tertiary alicyclic amines) is 1. The largest absolute Gasteiger partial charge is 0.480 e. The number of carbonyl (C=O) groups excluding carboxylic acids is 2. The molecule has 0 aromatic heterocycles. The third-order valence-electron chi connectivity index (χ3n) is 6.87. The molecule has 7 nitrogen and oxygen atoms in total. The minimum absolute atomic E-state index is 0.0369. The molecule has 9 heteroatoms. The molecule has 0 radical (unpaired) electrons. The van der Waals surface area contributed by atoms with Gasteiger partial charge in [0.25, 0.3) is 0 Å². The molecule has 2 N–H and O–H groups in total. The summed E-state index contributed by atoms with van der Waals surface area (Å²) in [6, 6.07) is 11.5. The summed E-state index contributed by atoms with van der Waals surface area (Å²) in [6.45, 7) is 0.780. The number of rotatable bonds is 7. The van der Waals surface area contributed by atoms with Gasteiger partial charge in [0.2, 0.25) is 5.91 Å². The molecule has 36 heavy (non-hydrogen) atoms. The van der Waals surface area contributed by atoms with Crippen LogP contribution in [0.5, 0.6) is 0 Å². The number of hydrogen-bond acceptors (Lipinski definition) is 4. The molecule has 2 aromatic rings. The van der Waals surface area contributed by atoms with Crippen molar-refractivity contribution in [3.8, 4) is 11.1 Å². The maximum Gasteiger partial charge on any atom is 0.410 e. The fraction of sp³-hybridized carbons (Fsp3) is 0.444. The lowest BCUT2D eigenvalue weighted by molar-refractivity contribution is -0.142. The molecule has 1 unspecified atom stereocenters. The molecule has 4 rings (SSSR count). The van der Waals surface area contributed by atoms with E-state index in [1.54, 1.807) is 17.0 Å². The standard InChI is InChI=1S/C27H30Cl2N2O5/c28-20-11-12-22(23(29)15-20)18-9-7-17(8-10-18)14-24(26(33)34)30-25(32)19-4-3-13-31(16-19)27(35)36-21-5-1-2-6-21/h7-12,15,19,21,24H,1-6,13-14,16H2,(H,30,32)(H,33,34)/t19?,24-/m0/s1. The summed E-state index contributed by atoms with van der Waals surface area (Å²) >= 11 is 12.3. The molecular weight excluding hydrogens is 503 g/mol. The molecule has 2 fully saturated rings. The summed E-state index contributed by atoms with van der Waals surface area (Å²) < 4.78 is 5.58. The van der Waals surface area contributed by atoms with Crippen molar-refractivity contribution in [2.45, 2.75) is 57.1 Å². The van der Waals surface area contributed by atoms with Crippen LogP contribution in [0.4, 0.5) is 4.79 Å². The highest BCUT2D eigenvalue weighted by atomic mass is 35.5. The van der Waals surface area contributed by atoms with Crippen molar-refractivity contribution < 1.29 is 24.2 Å². The third-order valence-corrected chi connectivity index (χ3v) is 7.42. The first kappa shape index (κ1) is 26.3. The number of halogens is 2. The average molecular weight is 533 g/mol. The molecule has 2 aliphatic rings. The first-order valence-electron chi connectivity index (χ1n) is 12.3. The molecular formula is C27H30Cl2N2O5. The number of benzene rings is 2. The number of carbonyl (C=O) groups is 3. The van der Waals surface area contributed by atoms with Crippen LogP contribution in [0, 0.1) is 5.92 Å². The lowest BCUT2D eigenvalue weighted by Gasteiger charge is -2.32. The highest BCUT2D eigenvalue weighted by Crippen LogP contribution is 2.30. The van der Waals surface area contributed by atoms with E-state index in [4.69, 9.17) is 27.9 Å². The first-order valence-corrected chi connectivity index (χ1v) is 13.1. The van der Waals surface area contributed by atoms with Crippen molar-refractivity contribution >= 4 is 41.2 Å². The van der Waals surface area contributed by atoms with Gasteiger partial charge in [-0.05, 0) is 61.8 Å². The fourth-order valence-corrected chi connectivity index (χ4v) is 5.37. The number of nitrogens with zero attached hydrogens (tertiary/aromatic N) is 1. The van der Waals surface area contributed by atoms with Gasteiger partial charge in [-0.1, -0.05) is 53.5 Å². The Morgan fingerprint density at radius 3 is 2.42 bits per heavy atom. The van der Waals surface area contributed by atoms with Gasteiger partial charge in [0.05, 0.1) is 5.92 Å². The molecule has 1 heterocycles. The fourth-order valence-electron chi connectivity index (χ4n) is 4.85. The van der Waals surface area contributed by atoms with Crippen LogP contribution in [0.25, 0.3) is 11.1 Å². The maximum atomic E-state index is 12.9. The van der Waals surface area contributed by atoms with Gasteiger partial charge in [-0.3, -0.25) is 4.79 Å². The van der Waals surface area contributed by atoms with E-state index in [0.29, 0.717) is 29.4 Å². The van der Waals surface area contributed by atoms with E-state index >= 15 is 0 Å². The van der Waals surface area contributed by atoms with Crippen molar-refractivity contribution in [1.29, 1.82) is 0 Å². The quantitative estimate of drug-likeness (QED) is 0.486. The molecule has 0 spiro atoms. The number of aliphatic carboxylic acids is 1. The number of nitrogens with one attached hydrogen (secondary N) is 1. The second-order valence-corrected chi connectivity index (χ2v) is 10.3. The highest BCUT2D eigenvalue weighted by molar-refractivity contribution is 6.36. The van der Waals surface area contributed by atoms with Crippen LogP contribution in [0.15, 0.2) is 42.5 Å². The lowest BCUT2D eigenvalue weighted by atomic mass is 9.96. The number of hydrogen-bond donors (Lipinski definition) is 2. The van der Waals surface area contributed by atoms with Crippen LogP contribution >= 0.6 is 23.2 Å². The number of carboxylic acids is 1. The van der Waals surface area contributed by atoms with Crippen molar-refractivity contribution in [2.75, 3.05) is 13.1 Å². The zero-order valence-corrected chi connectivity index (χ0v) is 21.4. The Bertz CT molecular complexity index is 1100. The van der Waals surface area contributed by atoms with Crippen molar-refractivity contribution in [1.82, 2.24) is 10.2 Å².